The van der Waals surface area contributed by atoms with Crippen LogP contribution in [0, 0.1) is 11.8 Å². The molecule has 3 aliphatic heterocycles. The summed E-state index contributed by atoms with van der Waals surface area (Å²) >= 11 is 0. The van der Waals surface area contributed by atoms with E-state index in [1.807, 2.05) is 9.58 Å². The molecule has 1 unspecified atom stereocenters. The van der Waals surface area contributed by atoms with E-state index >= 15 is 0 Å². The molecule has 2 amide bonds. The predicted octanol–water partition coefficient (Wildman–Crippen LogP) is 1.40. The van der Waals surface area contributed by atoms with Crippen LogP contribution < -0.4 is 5.32 Å². The Kier molecular flexibility index (Phi) is 5.97. The topological polar surface area (TPSA) is 98.6 Å². The first-order valence-electron chi connectivity index (χ1n) is 11.8. The first-order chi connectivity index (χ1) is 15.1. The van der Waals surface area contributed by atoms with Gasteiger partial charge in [-0.25, -0.2) is 4.68 Å². The van der Waals surface area contributed by atoms with Gasteiger partial charge in [0.25, 0.3) is 0 Å². The summed E-state index contributed by atoms with van der Waals surface area (Å²) in [4.78, 5) is 27.1. The van der Waals surface area contributed by atoms with Crippen molar-refractivity contribution in [1.82, 2.24) is 25.2 Å². The Hall–Kier alpha value is -2.00. The second-order valence-corrected chi connectivity index (χ2v) is 9.64. The summed E-state index contributed by atoms with van der Waals surface area (Å²) in [5.41, 5.74) is 1.32. The van der Waals surface area contributed by atoms with E-state index in [1.165, 1.54) is 25.7 Å². The molecular formula is C22H33N5O4. The van der Waals surface area contributed by atoms with Crippen molar-refractivity contribution < 1.29 is 19.1 Å². The zero-order valence-corrected chi connectivity index (χ0v) is 18.2. The van der Waals surface area contributed by atoms with Gasteiger partial charge in [-0.15, -0.1) is 5.10 Å². The molecule has 5 rings (SSSR count). The molecule has 3 fully saturated rings. The molecule has 9 heteroatoms. The van der Waals surface area contributed by atoms with Gasteiger partial charge in [0.05, 0.1) is 31.9 Å². The van der Waals surface area contributed by atoms with Crippen molar-refractivity contribution in [3.8, 4) is 0 Å². The van der Waals surface area contributed by atoms with E-state index in [4.69, 9.17) is 9.47 Å². The number of carbonyl (C=O) groups excluding carboxylic acids is 2. The molecule has 0 radical (unpaired) electrons. The molecule has 1 aromatic rings. The van der Waals surface area contributed by atoms with Gasteiger partial charge in [-0.2, -0.15) is 0 Å². The predicted molar refractivity (Wildman–Crippen MR) is 111 cm³/mol. The van der Waals surface area contributed by atoms with E-state index in [0.29, 0.717) is 51.8 Å². The van der Waals surface area contributed by atoms with Gasteiger partial charge in [-0.05, 0) is 38.0 Å². The molecule has 0 aromatic carbocycles. The number of nitrogens with zero attached hydrogens (tertiary/aromatic N) is 4. The fourth-order valence-corrected chi connectivity index (χ4v) is 5.50. The summed E-state index contributed by atoms with van der Waals surface area (Å²) < 4.78 is 13.5. The van der Waals surface area contributed by atoms with Crippen LogP contribution in [-0.2, 0) is 38.8 Å². The molecule has 4 heterocycles. The van der Waals surface area contributed by atoms with Crippen molar-refractivity contribution in [1.29, 1.82) is 0 Å². The van der Waals surface area contributed by atoms with Crippen LogP contribution in [0.2, 0.25) is 0 Å². The maximum absolute atomic E-state index is 12.7. The second kappa shape index (κ2) is 8.86. The maximum atomic E-state index is 12.7. The second-order valence-electron chi connectivity index (χ2n) is 9.64. The van der Waals surface area contributed by atoms with E-state index < -0.39 is 0 Å². The molecule has 1 spiro atoms. The highest BCUT2D eigenvalue weighted by molar-refractivity contribution is 5.78. The van der Waals surface area contributed by atoms with Crippen molar-refractivity contribution in [2.24, 2.45) is 11.8 Å². The first-order valence-corrected chi connectivity index (χ1v) is 11.8. The van der Waals surface area contributed by atoms with Crippen molar-refractivity contribution >= 4 is 11.8 Å². The Morgan fingerprint density at radius 1 is 1.13 bits per heavy atom. The van der Waals surface area contributed by atoms with Crippen LogP contribution in [0.5, 0.6) is 0 Å². The van der Waals surface area contributed by atoms with Crippen molar-refractivity contribution in [2.45, 2.75) is 76.7 Å². The summed E-state index contributed by atoms with van der Waals surface area (Å²) in [6.45, 7) is 4.08. The average Bonchev–Trinajstić information content (AvgIpc) is 3.53. The number of hydrogen-bond donors (Lipinski definition) is 1. The SMILES string of the molecule is O=C(NCc1nnn2c1COC1(CCN(C(=O)CC3CCCC3)C1)C2)C1CCOCC1. The molecule has 1 saturated carbocycles. The molecule has 1 aliphatic carbocycles. The minimum Gasteiger partial charge on any atom is -0.381 e. The lowest BCUT2D eigenvalue weighted by molar-refractivity contribution is -0.134. The highest BCUT2D eigenvalue weighted by atomic mass is 16.5. The summed E-state index contributed by atoms with van der Waals surface area (Å²) in [5, 5.41) is 11.6. The van der Waals surface area contributed by atoms with E-state index in [0.717, 1.165) is 37.2 Å². The standard InChI is InChI=1S/C22H33N5O4/c28-20(11-16-3-1-2-4-16)26-8-7-22(14-26)15-27-19(13-31-22)18(24-25-27)12-23-21(29)17-5-9-30-10-6-17/h16-17H,1-15H2,(H,23,29). The van der Waals surface area contributed by atoms with Gasteiger partial charge in [-0.1, -0.05) is 18.1 Å². The normalized spacial score (nSPS) is 27.0. The lowest BCUT2D eigenvalue weighted by atomic mass is 9.99. The van der Waals surface area contributed by atoms with Crippen LogP contribution in [0.3, 0.4) is 0 Å². The van der Waals surface area contributed by atoms with Gasteiger partial charge in [0.2, 0.25) is 11.8 Å². The van der Waals surface area contributed by atoms with Gasteiger partial charge in [0, 0.05) is 32.1 Å². The number of rotatable bonds is 5. The van der Waals surface area contributed by atoms with Crippen LogP contribution in [0.1, 0.15) is 62.8 Å². The number of hydrogen-bond acceptors (Lipinski definition) is 6. The molecule has 170 valence electrons. The molecule has 9 nitrogen and oxygen atoms in total. The first kappa shape index (κ1) is 20.9. The number of amides is 2. The van der Waals surface area contributed by atoms with E-state index in [-0.39, 0.29) is 23.3 Å². The summed E-state index contributed by atoms with van der Waals surface area (Å²) in [6, 6.07) is 0. The summed E-state index contributed by atoms with van der Waals surface area (Å²) in [5.74, 6) is 0.918. The number of likely N-dealkylation sites (tertiary alicyclic amines) is 1. The van der Waals surface area contributed by atoms with E-state index in [1.54, 1.807) is 0 Å². The van der Waals surface area contributed by atoms with E-state index in [2.05, 4.69) is 15.6 Å². The van der Waals surface area contributed by atoms with Crippen molar-refractivity contribution in [3.05, 3.63) is 11.4 Å². The number of ether oxygens (including phenoxy) is 2. The minimum absolute atomic E-state index is 0.0194. The van der Waals surface area contributed by atoms with Crippen LogP contribution in [0.15, 0.2) is 0 Å². The van der Waals surface area contributed by atoms with Crippen molar-refractivity contribution in [3.63, 3.8) is 0 Å². The Labute approximate surface area is 182 Å². The van der Waals surface area contributed by atoms with Gasteiger partial charge in [0.15, 0.2) is 0 Å². The number of aromatic nitrogens is 3. The average molecular weight is 432 g/mol. The Morgan fingerprint density at radius 2 is 1.94 bits per heavy atom. The lowest BCUT2D eigenvalue weighted by Crippen LogP contribution is -2.45. The van der Waals surface area contributed by atoms with Crippen LogP contribution in [0.4, 0.5) is 0 Å². The fourth-order valence-electron chi connectivity index (χ4n) is 5.50. The van der Waals surface area contributed by atoms with Crippen LogP contribution >= 0.6 is 0 Å². The number of carbonyl (C=O) groups is 2. The molecule has 1 aromatic heterocycles. The highest BCUT2D eigenvalue weighted by Gasteiger charge is 2.45. The van der Waals surface area contributed by atoms with Crippen molar-refractivity contribution in [2.75, 3.05) is 26.3 Å². The van der Waals surface area contributed by atoms with Crippen LogP contribution in [0.25, 0.3) is 0 Å². The summed E-state index contributed by atoms with van der Waals surface area (Å²) in [6.07, 6.45) is 7.96. The molecule has 1 N–H and O–H groups in total. The zero-order chi connectivity index (χ0) is 21.3. The third-order valence-electron chi connectivity index (χ3n) is 7.50. The maximum Gasteiger partial charge on any atom is 0.223 e. The largest absolute Gasteiger partial charge is 0.381 e. The lowest BCUT2D eigenvalue weighted by Gasteiger charge is -2.34. The van der Waals surface area contributed by atoms with Gasteiger partial charge in [0.1, 0.15) is 11.3 Å². The molecule has 0 bridgehead atoms. The number of fused-ring (bicyclic) bond motifs is 1. The van der Waals surface area contributed by atoms with E-state index in [9.17, 15) is 9.59 Å². The number of nitrogens with one attached hydrogen (secondary N) is 1. The third-order valence-corrected chi connectivity index (χ3v) is 7.50. The monoisotopic (exact) mass is 431 g/mol. The molecule has 31 heavy (non-hydrogen) atoms. The summed E-state index contributed by atoms with van der Waals surface area (Å²) in [7, 11) is 0. The fraction of sp³-hybridized carbons (Fsp3) is 0.818. The molecule has 1 atom stereocenters. The van der Waals surface area contributed by atoms with Crippen LogP contribution in [-0.4, -0.2) is 63.6 Å². The Bertz CT molecular complexity index is 815. The molecule has 4 aliphatic rings. The van der Waals surface area contributed by atoms with Gasteiger partial charge in [-0.3, -0.25) is 9.59 Å². The Morgan fingerprint density at radius 3 is 2.74 bits per heavy atom. The minimum atomic E-state index is -0.366. The molecule has 2 saturated heterocycles. The highest BCUT2D eigenvalue weighted by Crippen LogP contribution is 2.34. The quantitative estimate of drug-likeness (QED) is 0.757. The smallest absolute Gasteiger partial charge is 0.223 e. The molecular weight excluding hydrogens is 398 g/mol. The van der Waals surface area contributed by atoms with Gasteiger partial charge >= 0.3 is 0 Å². The Balaban J connectivity index is 1.15. The van der Waals surface area contributed by atoms with Gasteiger partial charge < -0.3 is 19.7 Å². The zero-order valence-electron chi connectivity index (χ0n) is 18.2. The third kappa shape index (κ3) is 4.48.